The Hall–Kier alpha value is -2.34. The molecule has 0 aliphatic carbocycles. The van der Waals surface area contributed by atoms with Crippen LogP contribution in [0.4, 0.5) is 4.79 Å². The molecule has 23 heavy (non-hydrogen) atoms. The Morgan fingerprint density at radius 2 is 2.17 bits per heavy atom. The summed E-state index contributed by atoms with van der Waals surface area (Å²) in [6.45, 7) is 2.01. The summed E-state index contributed by atoms with van der Waals surface area (Å²) in [5.74, 6) is 0. The zero-order chi connectivity index (χ0) is 15.9. The Bertz CT molecular complexity index is 604. The molecule has 1 fully saturated rings. The van der Waals surface area contributed by atoms with Crippen molar-refractivity contribution in [2.24, 2.45) is 0 Å². The second-order valence-corrected chi connectivity index (χ2v) is 5.64. The Morgan fingerprint density at radius 3 is 2.87 bits per heavy atom. The lowest BCUT2D eigenvalue weighted by molar-refractivity contribution is 0.111. The number of ether oxygens (including phenoxy) is 1. The molecule has 1 aliphatic heterocycles. The molecule has 6 heteroatoms. The Balaban J connectivity index is 1.37. The molecule has 1 saturated heterocycles. The van der Waals surface area contributed by atoms with Gasteiger partial charge in [0.1, 0.15) is 0 Å². The molecule has 6 nitrogen and oxygen atoms in total. The third-order valence-corrected chi connectivity index (χ3v) is 3.92. The molecule has 1 aromatic heterocycles. The van der Waals surface area contributed by atoms with E-state index in [1.807, 2.05) is 29.1 Å². The van der Waals surface area contributed by atoms with Gasteiger partial charge in [-0.15, -0.1) is 0 Å². The van der Waals surface area contributed by atoms with Crippen LogP contribution in [-0.2, 0) is 11.2 Å². The molecule has 2 N–H and O–H groups in total. The molecular weight excluding hydrogens is 292 g/mol. The van der Waals surface area contributed by atoms with Crippen molar-refractivity contribution >= 4 is 6.03 Å². The fraction of sp³-hybridized carbons (Fsp3) is 0.412. The van der Waals surface area contributed by atoms with Gasteiger partial charge in [0, 0.05) is 32.1 Å². The number of rotatable bonds is 6. The van der Waals surface area contributed by atoms with Crippen LogP contribution in [0.25, 0.3) is 5.69 Å². The van der Waals surface area contributed by atoms with Crippen LogP contribution in [0.2, 0.25) is 0 Å². The van der Waals surface area contributed by atoms with Gasteiger partial charge in [-0.25, -0.2) is 9.48 Å². The van der Waals surface area contributed by atoms with E-state index in [9.17, 15) is 4.79 Å². The zero-order valence-corrected chi connectivity index (χ0v) is 13.1. The number of nitrogens with one attached hydrogen (secondary N) is 2. The summed E-state index contributed by atoms with van der Waals surface area (Å²) >= 11 is 0. The fourth-order valence-electron chi connectivity index (χ4n) is 2.63. The topological polar surface area (TPSA) is 68.2 Å². The van der Waals surface area contributed by atoms with E-state index in [1.165, 1.54) is 5.56 Å². The minimum absolute atomic E-state index is 0.131. The first-order valence-electron chi connectivity index (χ1n) is 8.03. The first-order chi connectivity index (χ1) is 11.3. The highest BCUT2D eigenvalue weighted by Gasteiger charge is 2.15. The number of carbonyl (C=O) groups is 1. The first kappa shape index (κ1) is 15.6. The van der Waals surface area contributed by atoms with Crippen LogP contribution in [0.15, 0.2) is 42.7 Å². The summed E-state index contributed by atoms with van der Waals surface area (Å²) in [5.41, 5.74) is 2.21. The summed E-state index contributed by atoms with van der Waals surface area (Å²) in [5, 5.41) is 9.92. The molecule has 3 rings (SSSR count). The van der Waals surface area contributed by atoms with Crippen molar-refractivity contribution in [3.63, 3.8) is 0 Å². The van der Waals surface area contributed by atoms with E-state index >= 15 is 0 Å². The van der Waals surface area contributed by atoms with Crippen molar-refractivity contribution in [2.75, 3.05) is 19.7 Å². The number of benzene rings is 1. The molecular formula is C17H22N4O2. The van der Waals surface area contributed by atoms with Gasteiger partial charge in [0.25, 0.3) is 0 Å². The first-order valence-corrected chi connectivity index (χ1v) is 8.03. The lowest BCUT2D eigenvalue weighted by Gasteiger charge is -2.11. The number of hydrogen-bond acceptors (Lipinski definition) is 3. The maximum absolute atomic E-state index is 11.7. The smallest absolute Gasteiger partial charge is 0.314 e. The normalized spacial score (nSPS) is 17.1. The summed E-state index contributed by atoms with van der Waals surface area (Å²) in [7, 11) is 0. The van der Waals surface area contributed by atoms with Gasteiger partial charge in [-0.1, -0.05) is 12.1 Å². The molecule has 2 heterocycles. The van der Waals surface area contributed by atoms with Gasteiger partial charge in [0.2, 0.25) is 0 Å². The summed E-state index contributed by atoms with van der Waals surface area (Å²) in [6.07, 6.45) is 6.76. The fourth-order valence-corrected chi connectivity index (χ4v) is 2.63. The minimum atomic E-state index is -0.131. The van der Waals surface area contributed by atoms with Crippen LogP contribution in [0.1, 0.15) is 18.4 Å². The number of aromatic nitrogens is 2. The third-order valence-electron chi connectivity index (χ3n) is 3.92. The Kier molecular flexibility index (Phi) is 5.26. The second-order valence-electron chi connectivity index (χ2n) is 5.64. The van der Waals surface area contributed by atoms with Crippen molar-refractivity contribution in [2.45, 2.75) is 25.4 Å². The third kappa shape index (κ3) is 4.56. The molecule has 0 radical (unpaired) electrons. The number of amides is 2. The molecule has 1 unspecified atom stereocenters. The number of hydrogen-bond donors (Lipinski definition) is 2. The van der Waals surface area contributed by atoms with E-state index < -0.39 is 0 Å². The van der Waals surface area contributed by atoms with E-state index in [0.29, 0.717) is 13.1 Å². The van der Waals surface area contributed by atoms with Crippen LogP contribution >= 0.6 is 0 Å². The highest BCUT2D eigenvalue weighted by molar-refractivity contribution is 5.73. The predicted octanol–water partition coefficient (Wildman–Crippen LogP) is 1.89. The number of carbonyl (C=O) groups excluding carboxylic acids is 1. The maximum Gasteiger partial charge on any atom is 0.314 e. The van der Waals surface area contributed by atoms with Gasteiger partial charge in [-0.3, -0.25) is 0 Å². The van der Waals surface area contributed by atoms with Crippen LogP contribution in [-0.4, -0.2) is 41.6 Å². The highest BCUT2D eigenvalue weighted by atomic mass is 16.5. The van der Waals surface area contributed by atoms with E-state index in [1.54, 1.807) is 6.20 Å². The standard InChI is InChI=1S/C17H22N4O2/c22-17(19-13-16-3-1-12-23-16)18-10-8-14-4-6-15(7-5-14)21-11-2-9-20-21/h2,4-7,9,11,16H,1,3,8,10,12-13H2,(H2,18,19,22). The van der Waals surface area contributed by atoms with Crippen molar-refractivity contribution in [1.29, 1.82) is 0 Å². The van der Waals surface area contributed by atoms with Crippen LogP contribution in [0.3, 0.4) is 0 Å². The van der Waals surface area contributed by atoms with Crippen molar-refractivity contribution in [3.05, 3.63) is 48.3 Å². The van der Waals surface area contributed by atoms with Gasteiger partial charge >= 0.3 is 6.03 Å². The quantitative estimate of drug-likeness (QED) is 0.855. The molecule has 0 saturated carbocycles. The zero-order valence-electron chi connectivity index (χ0n) is 13.1. The molecule has 2 aromatic rings. The number of nitrogens with zero attached hydrogens (tertiary/aromatic N) is 2. The molecule has 1 aliphatic rings. The maximum atomic E-state index is 11.7. The van der Waals surface area contributed by atoms with Crippen LogP contribution in [0.5, 0.6) is 0 Å². The van der Waals surface area contributed by atoms with Gasteiger partial charge in [-0.05, 0) is 43.0 Å². The van der Waals surface area contributed by atoms with Crippen LogP contribution in [0, 0.1) is 0 Å². The molecule has 1 aromatic carbocycles. The highest BCUT2D eigenvalue weighted by Crippen LogP contribution is 2.10. The minimum Gasteiger partial charge on any atom is -0.376 e. The van der Waals surface area contributed by atoms with Gasteiger partial charge in [0.15, 0.2) is 0 Å². The van der Waals surface area contributed by atoms with Crippen LogP contribution < -0.4 is 10.6 Å². The Morgan fingerprint density at radius 1 is 1.30 bits per heavy atom. The summed E-state index contributed by atoms with van der Waals surface area (Å²) in [6, 6.07) is 9.94. The average molecular weight is 314 g/mol. The monoisotopic (exact) mass is 314 g/mol. The predicted molar refractivity (Wildman–Crippen MR) is 87.6 cm³/mol. The second kappa shape index (κ2) is 7.78. The van der Waals surface area contributed by atoms with Gasteiger partial charge in [0.05, 0.1) is 11.8 Å². The van der Waals surface area contributed by atoms with Crippen molar-refractivity contribution < 1.29 is 9.53 Å². The molecule has 2 amide bonds. The summed E-state index contributed by atoms with van der Waals surface area (Å²) < 4.78 is 7.29. The van der Waals surface area contributed by atoms with E-state index in [-0.39, 0.29) is 12.1 Å². The molecule has 122 valence electrons. The van der Waals surface area contributed by atoms with Crippen molar-refractivity contribution in [3.8, 4) is 5.69 Å². The summed E-state index contributed by atoms with van der Waals surface area (Å²) in [4.78, 5) is 11.7. The average Bonchev–Trinajstić information content (AvgIpc) is 3.27. The Labute approximate surface area is 135 Å². The van der Waals surface area contributed by atoms with Crippen molar-refractivity contribution in [1.82, 2.24) is 20.4 Å². The van der Waals surface area contributed by atoms with Gasteiger partial charge in [-0.2, -0.15) is 5.10 Å². The lowest BCUT2D eigenvalue weighted by Crippen LogP contribution is -2.40. The van der Waals surface area contributed by atoms with E-state index in [0.717, 1.165) is 31.6 Å². The molecule has 0 spiro atoms. The molecule has 1 atom stereocenters. The number of urea groups is 1. The lowest BCUT2D eigenvalue weighted by atomic mass is 10.1. The largest absolute Gasteiger partial charge is 0.376 e. The van der Waals surface area contributed by atoms with Gasteiger partial charge < -0.3 is 15.4 Å². The van der Waals surface area contributed by atoms with E-state index in [2.05, 4.69) is 27.9 Å². The molecule has 0 bridgehead atoms. The van der Waals surface area contributed by atoms with E-state index in [4.69, 9.17) is 4.74 Å². The SMILES string of the molecule is O=C(NCCc1ccc(-n2cccn2)cc1)NCC1CCCO1.